The summed E-state index contributed by atoms with van der Waals surface area (Å²) in [7, 11) is 1.68. The molecule has 0 aliphatic carbocycles. The van der Waals surface area contributed by atoms with E-state index in [-0.39, 0.29) is 6.10 Å². The first-order valence-electron chi connectivity index (χ1n) is 7.83. The molecule has 3 rings (SSSR count). The smallest absolute Gasteiger partial charge is 0.138 e. The van der Waals surface area contributed by atoms with Crippen molar-refractivity contribution >= 4 is 0 Å². The van der Waals surface area contributed by atoms with Gasteiger partial charge in [-0.25, -0.2) is 0 Å². The molecule has 0 bridgehead atoms. The van der Waals surface area contributed by atoms with Gasteiger partial charge in [0, 0.05) is 25.8 Å². The lowest BCUT2D eigenvalue weighted by atomic mass is 10.2. The molecule has 122 valence electrons. The molecule has 0 saturated carbocycles. The summed E-state index contributed by atoms with van der Waals surface area (Å²) in [4.78, 5) is 6.44. The minimum atomic E-state index is 0.0138. The van der Waals surface area contributed by atoms with Crippen molar-refractivity contribution in [2.45, 2.75) is 12.6 Å². The molecule has 1 aliphatic rings. The third kappa shape index (κ3) is 4.68. The average molecular weight is 314 g/mol. The molecule has 0 N–H and O–H groups in total. The van der Waals surface area contributed by atoms with Gasteiger partial charge in [0.1, 0.15) is 17.6 Å². The molecule has 1 aromatic carbocycles. The molecule has 1 atom stereocenters. The molecule has 1 saturated heterocycles. The molecule has 2 heterocycles. The van der Waals surface area contributed by atoms with Crippen molar-refractivity contribution in [3.8, 4) is 11.5 Å². The maximum Gasteiger partial charge on any atom is 0.138 e. The fourth-order valence-electron chi connectivity index (χ4n) is 2.65. The van der Waals surface area contributed by atoms with Gasteiger partial charge in [0.05, 0.1) is 26.5 Å². The monoisotopic (exact) mass is 314 g/mol. The molecule has 0 amide bonds. The van der Waals surface area contributed by atoms with Crippen LogP contribution in [0.2, 0.25) is 0 Å². The third-order valence-corrected chi connectivity index (χ3v) is 3.82. The number of benzene rings is 1. The van der Waals surface area contributed by atoms with E-state index in [1.165, 1.54) is 5.56 Å². The Kier molecular flexibility index (Phi) is 5.45. The van der Waals surface area contributed by atoms with Gasteiger partial charge in [-0.05, 0) is 29.8 Å². The summed E-state index contributed by atoms with van der Waals surface area (Å²) in [5.74, 6) is 1.66. The summed E-state index contributed by atoms with van der Waals surface area (Å²) >= 11 is 0. The van der Waals surface area contributed by atoms with Crippen molar-refractivity contribution in [3.63, 3.8) is 0 Å². The fraction of sp³-hybridized carbons (Fsp3) is 0.389. The van der Waals surface area contributed by atoms with E-state index in [0.29, 0.717) is 6.61 Å². The number of hydrogen-bond donors (Lipinski definition) is 0. The number of pyridine rings is 1. The Morgan fingerprint density at radius 1 is 1.22 bits per heavy atom. The summed E-state index contributed by atoms with van der Waals surface area (Å²) in [6.45, 7) is 3.94. The van der Waals surface area contributed by atoms with E-state index in [9.17, 15) is 0 Å². The van der Waals surface area contributed by atoms with Gasteiger partial charge < -0.3 is 14.2 Å². The Balaban J connectivity index is 1.60. The second-order valence-corrected chi connectivity index (χ2v) is 5.59. The predicted octanol–water partition coefficient (Wildman–Crippen LogP) is 2.37. The zero-order chi connectivity index (χ0) is 15.9. The van der Waals surface area contributed by atoms with Crippen LogP contribution >= 0.6 is 0 Å². The Hall–Kier alpha value is -2.11. The highest BCUT2D eigenvalue weighted by atomic mass is 16.5. The minimum Gasteiger partial charge on any atom is -0.497 e. The molecule has 1 unspecified atom stereocenters. The summed E-state index contributed by atoms with van der Waals surface area (Å²) in [6, 6.07) is 12.0. The van der Waals surface area contributed by atoms with E-state index in [2.05, 4.69) is 22.0 Å². The van der Waals surface area contributed by atoms with Crippen molar-refractivity contribution in [2.24, 2.45) is 0 Å². The first-order chi connectivity index (χ1) is 11.3. The zero-order valence-electron chi connectivity index (χ0n) is 13.4. The predicted molar refractivity (Wildman–Crippen MR) is 87.7 cm³/mol. The van der Waals surface area contributed by atoms with Gasteiger partial charge in [-0.15, -0.1) is 0 Å². The maximum absolute atomic E-state index is 5.99. The van der Waals surface area contributed by atoms with Crippen LogP contribution < -0.4 is 9.47 Å². The summed E-state index contributed by atoms with van der Waals surface area (Å²) in [5.41, 5.74) is 1.26. The molecule has 1 fully saturated rings. The van der Waals surface area contributed by atoms with E-state index in [1.807, 2.05) is 24.3 Å². The van der Waals surface area contributed by atoms with Crippen LogP contribution in [0.4, 0.5) is 0 Å². The Bertz CT molecular complexity index is 589. The van der Waals surface area contributed by atoms with Crippen LogP contribution in [0.3, 0.4) is 0 Å². The Labute approximate surface area is 136 Å². The van der Waals surface area contributed by atoms with Crippen molar-refractivity contribution in [1.29, 1.82) is 0 Å². The maximum atomic E-state index is 5.99. The van der Waals surface area contributed by atoms with Crippen LogP contribution in [0.15, 0.2) is 48.8 Å². The SMILES string of the molecule is COc1ccc(CN2CCOCC(Oc3cccnc3)C2)cc1. The van der Waals surface area contributed by atoms with Crippen LogP contribution in [-0.2, 0) is 11.3 Å². The minimum absolute atomic E-state index is 0.0138. The Morgan fingerprint density at radius 2 is 2.09 bits per heavy atom. The van der Waals surface area contributed by atoms with Gasteiger partial charge in [-0.2, -0.15) is 0 Å². The highest BCUT2D eigenvalue weighted by Crippen LogP contribution is 2.16. The molecule has 0 radical (unpaired) electrons. The molecular formula is C18H22N2O3. The molecular weight excluding hydrogens is 292 g/mol. The number of nitrogens with zero attached hydrogens (tertiary/aromatic N) is 2. The molecule has 2 aromatic rings. The zero-order valence-corrected chi connectivity index (χ0v) is 13.4. The van der Waals surface area contributed by atoms with Crippen molar-refractivity contribution in [3.05, 3.63) is 54.4 Å². The quantitative estimate of drug-likeness (QED) is 0.848. The van der Waals surface area contributed by atoms with Gasteiger partial charge >= 0.3 is 0 Å². The molecule has 1 aliphatic heterocycles. The number of ether oxygens (including phenoxy) is 3. The van der Waals surface area contributed by atoms with Gasteiger partial charge in [0.15, 0.2) is 0 Å². The van der Waals surface area contributed by atoms with Crippen LogP contribution in [0.1, 0.15) is 5.56 Å². The second-order valence-electron chi connectivity index (χ2n) is 5.59. The summed E-state index contributed by atoms with van der Waals surface area (Å²) in [6.07, 6.45) is 3.49. The van der Waals surface area contributed by atoms with E-state index in [0.717, 1.165) is 37.7 Å². The number of methoxy groups -OCH3 is 1. The van der Waals surface area contributed by atoms with E-state index < -0.39 is 0 Å². The van der Waals surface area contributed by atoms with Gasteiger partial charge in [0.25, 0.3) is 0 Å². The lowest BCUT2D eigenvalue weighted by molar-refractivity contribution is 0.0708. The second kappa shape index (κ2) is 7.94. The van der Waals surface area contributed by atoms with Gasteiger partial charge in [-0.1, -0.05) is 12.1 Å². The van der Waals surface area contributed by atoms with Crippen molar-refractivity contribution in [1.82, 2.24) is 9.88 Å². The summed E-state index contributed by atoms with van der Waals surface area (Å²) in [5, 5.41) is 0. The van der Waals surface area contributed by atoms with E-state index in [4.69, 9.17) is 14.2 Å². The average Bonchev–Trinajstić information content (AvgIpc) is 2.81. The lowest BCUT2D eigenvalue weighted by Crippen LogP contribution is -2.35. The Morgan fingerprint density at radius 3 is 2.83 bits per heavy atom. The molecule has 0 spiro atoms. The van der Waals surface area contributed by atoms with Crippen molar-refractivity contribution < 1.29 is 14.2 Å². The highest BCUT2D eigenvalue weighted by Gasteiger charge is 2.20. The fourth-order valence-corrected chi connectivity index (χ4v) is 2.65. The third-order valence-electron chi connectivity index (χ3n) is 3.82. The normalized spacial score (nSPS) is 19.1. The number of hydrogen-bond acceptors (Lipinski definition) is 5. The lowest BCUT2D eigenvalue weighted by Gasteiger charge is -2.24. The topological polar surface area (TPSA) is 43.8 Å². The van der Waals surface area contributed by atoms with Crippen LogP contribution in [0, 0.1) is 0 Å². The molecule has 5 nitrogen and oxygen atoms in total. The van der Waals surface area contributed by atoms with Crippen molar-refractivity contribution in [2.75, 3.05) is 33.4 Å². The first-order valence-corrected chi connectivity index (χ1v) is 7.83. The van der Waals surface area contributed by atoms with Crippen LogP contribution in [0.5, 0.6) is 11.5 Å². The number of rotatable bonds is 5. The van der Waals surface area contributed by atoms with Gasteiger partial charge in [-0.3, -0.25) is 9.88 Å². The highest BCUT2D eigenvalue weighted by molar-refractivity contribution is 5.27. The van der Waals surface area contributed by atoms with E-state index in [1.54, 1.807) is 19.5 Å². The molecule has 5 heteroatoms. The van der Waals surface area contributed by atoms with Gasteiger partial charge in [0.2, 0.25) is 0 Å². The summed E-state index contributed by atoms with van der Waals surface area (Å²) < 4.78 is 16.9. The standard InChI is InChI=1S/C18H22N2O3/c1-21-16-6-4-15(5-7-16)12-20-9-10-22-14-18(13-20)23-17-3-2-8-19-11-17/h2-8,11,18H,9-10,12-14H2,1H3. The molecule has 23 heavy (non-hydrogen) atoms. The largest absolute Gasteiger partial charge is 0.497 e. The van der Waals surface area contributed by atoms with E-state index >= 15 is 0 Å². The van der Waals surface area contributed by atoms with Crippen LogP contribution in [-0.4, -0.2) is 49.4 Å². The van der Waals surface area contributed by atoms with Crippen LogP contribution in [0.25, 0.3) is 0 Å². The first kappa shape index (κ1) is 15.8. The number of aromatic nitrogens is 1. The molecule has 1 aromatic heterocycles.